The summed E-state index contributed by atoms with van der Waals surface area (Å²) >= 11 is 0. The van der Waals surface area contributed by atoms with Crippen molar-refractivity contribution >= 4 is 21.6 Å². The molecule has 1 fully saturated rings. The van der Waals surface area contributed by atoms with Gasteiger partial charge in [-0.25, -0.2) is 8.42 Å². The summed E-state index contributed by atoms with van der Waals surface area (Å²) in [6.07, 6.45) is 3.89. The van der Waals surface area contributed by atoms with E-state index < -0.39 is 10.0 Å². The molecule has 22 heavy (non-hydrogen) atoms. The molecule has 0 saturated carbocycles. The number of piperidine rings is 1. The predicted octanol–water partition coefficient (Wildman–Crippen LogP) is 2.52. The Morgan fingerprint density at radius 1 is 1.14 bits per heavy atom. The Bertz CT molecular complexity index is 689. The largest absolute Gasteiger partial charge is 0.326 e. The van der Waals surface area contributed by atoms with E-state index in [-0.39, 0.29) is 18.0 Å². The zero-order valence-corrected chi connectivity index (χ0v) is 13.8. The average Bonchev–Trinajstić information content (AvgIpc) is 2.46. The highest BCUT2D eigenvalue weighted by atomic mass is 32.2. The van der Waals surface area contributed by atoms with Gasteiger partial charge >= 0.3 is 0 Å². The second kappa shape index (κ2) is 5.66. The van der Waals surface area contributed by atoms with E-state index in [1.165, 1.54) is 0 Å². The zero-order chi connectivity index (χ0) is 15.9. The van der Waals surface area contributed by atoms with Crippen molar-refractivity contribution in [1.82, 2.24) is 4.31 Å². The lowest BCUT2D eigenvalue weighted by Crippen LogP contribution is -2.47. The zero-order valence-electron chi connectivity index (χ0n) is 13.0. The van der Waals surface area contributed by atoms with Crippen molar-refractivity contribution < 1.29 is 13.2 Å². The van der Waals surface area contributed by atoms with E-state index in [0.29, 0.717) is 17.7 Å². The number of nitrogens with zero attached hydrogens (tertiary/aromatic N) is 1. The maximum atomic E-state index is 13.0. The Morgan fingerprint density at radius 2 is 1.82 bits per heavy atom. The number of anilines is 1. The molecule has 2 aliphatic rings. The first kappa shape index (κ1) is 15.5. The van der Waals surface area contributed by atoms with Crippen LogP contribution in [-0.4, -0.2) is 30.7 Å². The minimum atomic E-state index is -3.49. The van der Waals surface area contributed by atoms with Gasteiger partial charge in [0.1, 0.15) is 0 Å². The highest BCUT2D eigenvalue weighted by Gasteiger charge is 2.36. The molecule has 1 N–H and O–H groups in total. The molecule has 2 unspecified atom stereocenters. The number of carbonyl (C=O) groups excluding carboxylic acids is 1. The van der Waals surface area contributed by atoms with Gasteiger partial charge in [0.05, 0.1) is 4.90 Å². The first-order chi connectivity index (χ1) is 10.4. The number of benzene rings is 1. The monoisotopic (exact) mass is 322 g/mol. The normalized spacial score (nSPS) is 26.4. The van der Waals surface area contributed by atoms with Crippen molar-refractivity contribution in [2.75, 3.05) is 5.32 Å². The molecule has 0 radical (unpaired) electrons. The first-order valence-corrected chi connectivity index (χ1v) is 9.30. The summed E-state index contributed by atoms with van der Waals surface area (Å²) in [4.78, 5) is 11.7. The molecule has 6 heteroatoms. The standard InChI is InChI=1S/C16H22N2O3S/c1-11-4-3-5-12(2)18(11)22(20,21)14-7-8-15-13(10-14)6-9-16(19)17-15/h7-8,10-12H,3-6,9H2,1-2H3,(H,17,19). The Balaban J connectivity index is 1.97. The van der Waals surface area contributed by atoms with Gasteiger partial charge in [0.25, 0.3) is 0 Å². The molecule has 3 rings (SSSR count). The van der Waals surface area contributed by atoms with E-state index in [2.05, 4.69) is 5.32 Å². The molecule has 1 saturated heterocycles. The van der Waals surface area contributed by atoms with Gasteiger partial charge in [0.2, 0.25) is 15.9 Å². The third-order valence-corrected chi connectivity index (χ3v) is 6.78. The fourth-order valence-corrected chi connectivity index (χ4v) is 5.45. The first-order valence-electron chi connectivity index (χ1n) is 7.86. The van der Waals surface area contributed by atoms with Gasteiger partial charge < -0.3 is 5.32 Å². The van der Waals surface area contributed by atoms with Crippen LogP contribution in [0.4, 0.5) is 5.69 Å². The average molecular weight is 322 g/mol. The van der Waals surface area contributed by atoms with Crippen LogP contribution >= 0.6 is 0 Å². The number of hydrogen-bond donors (Lipinski definition) is 1. The van der Waals surface area contributed by atoms with Crippen molar-refractivity contribution in [1.29, 1.82) is 0 Å². The summed E-state index contributed by atoms with van der Waals surface area (Å²) in [5.41, 5.74) is 1.63. The van der Waals surface area contributed by atoms with Crippen LogP contribution in [0.1, 0.15) is 45.1 Å². The molecule has 0 aliphatic carbocycles. The molecule has 1 aromatic carbocycles. The number of aryl methyl sites for hydroxylation is 1. The molecule has 0 spiro atoms. The second-order valence-electron chi connectivity index (χ2n) is 6.33. The molecule has 120 valence electrons. The summed E-state index contributed by atoms with van der Waals surface area (Å²) in [5, 5.41) is 2.79. The highest BCUT2D eigenvalue weighted by molar-refractivity contribution is 7.89. The van der Waals surface area contributed by atoms with Crippen LogP contribution in [-0.2, 0) is 21.2 Å². The van der Waals surface area contributed by atoms with Gasteiger partial charge in [-0.1, -0.05) is 6.42 Å². The van der Waals surface area contributed by atoms with Gasteiger partial charge in [0, 0.05) is 24.2 Å². The van der Waals surface area contributed by atoms with Crippen LogP contribution in [0.3, 0.4) is 0 Å². The fraction of sp³-hybridized carbons (Fsp3) is 0.562. The van der Waals surface area contributed by atoms with Crippen molar-refractivity contribution in [3.05, 3.63) is 23.8 Å². The summed E-state index contributed by atoms with van der Waals surface area (Å²) in [7, 11) is -3.49. The van der Waals surface area contributed by atoms with E-state index in [1.807, 2.05) is 13.8 Å². The topological polar surface area (TPSA) is 66.5 Å². The number of carbonyl (C=O) groups is 1. The van der Waals surface area contributed by atoms with Gasteiger partial charge in [-0.3, -0.25) is 4.79 Å². The van der Waals surface area contributed by atoms with Crippen LogP contribution < -0.4 is 5.32 Å². The summed E-state index contributed by atoms with van der Waals surface area (Å²) in [6.45, 7) is 3.96. The molecule has 0 bridgehead atoms. The minimum Gasteiger partial charge on any atom is -0.326 e. The van der Waals surface area contributed by atoms with E-state index in [1.54, 1.807) is 22.5 Å². The van der Waals surface area contributed by atoms with Crippen LogP contribution in [0.5, 0.6) is 0 Å². The fourth-order valence-electron chi connectivity index (χ4n) is 3.51. The maximum absolute atomic E-state index is 13.0. The highest BCUT2D eigenvalue weighted by Crippen LogP contribution is 2.32. The lowest BCUT2D eigenvalue weighted by molar-refractivity contribution is -0.116. The van der Waals surface area contributed by atoms with Crippen LogP contribution in [0, 0.1) is 0 Å². The van der Waals surface area contributed by atoms with Crippen molar-refractivity contribution in [2.24, 2.45) is 0 Å². The molecule has 2 aliphatic heterocycles. The Labute approximate surface area is 131 Å². The third kappa shape index (κ3) is 2.65. The van der Waals surface area contributed by atoms with E-state index in [9.17, 15) is 13.2 Å². The third-order valence-electron chi connectivity index (χ3n) is 4.66. The Kier molecular flexibility index (Phi) is 3.99. The number of nitrogens with one attached hydrogen (secondary N) is 1. The van der Waals surface area contributed by atoms with Gasteiger partial charge in [-0.05, 0) is 56.9 Å². The molecule has 1 aromatic rings. The van der Waals surface area contributed by atoms with Crippen molar-refractivity contribution in [3.8, 4) is 0 Å². The van der Waals surface area contributed by atoms with Crippen molar-refractivity contribution in [3.63, 3.8) is 0 Å². The number of amides is 1. The summed E-state index contributed by atoms with van der Waals surface area (Å²) in [6, 6.07) is 5.10. The van der Waals surface area contributed by atoms with Crippen LogP contribution in [0.25, 0.3) is 0 Å². The van der Waals surface area contributed by atoms with Crippen LogP contribution in [0.2, 0.25) is 0 Å². The number of hydrogen-bond acceptors (Lipinski definition) is 3. The SMILES string of the molecule is CC1CCCC(C)N1S(=O)(=O)c1ccc2c(c1)CCC(=O)N2. The Morgan fingerprint density at radius 3 is 2.50 bits per heavy atom. The Hall–Kier alpha value is -1.40. The van der Waals surface area contributed by atoms with E-state index in [0.717, 1.165) is 30.5 Å². The molecule has 2 heterocycles. The summed E-state index contributed by atoms with van der Waals surface area (Å²) in [5.74, 6) is -0.0126. The van der Waals surface area contributed by atoms with Gasteiger partial charge in [-0.2, -0.15) is 4.31 Å². The van der Waals surface area contributed by atoms with E-state index >= 15 is 0 Å². The maximum Gasteiger partial charge on any atom is 0.243 e. The molecule has 5 nitrogen and oxygen atoms in total. The van der Waals surface area contributed by atoms with Crippen molar-refractivity contribution in [2.45, 2.75) is 62.9 Å². The number of fused-ring (bicyclic) bond motifs is 1. The minimum absolute atomic E-state index is 0.0126. The number of sulfonamides is 1. The van der Waals surface area contributed by atoms with Crippen LogP contribution in [0.15, 0.2) is 23.1 Å². The summed E-state index contributed by atoms with van der Waals surface area (Å²) < 4.78 is 27.6. The molecular weight excluding hydrogens is 300 g/mol. The smallest absolute Gasteiger partial charge is 0.243 e. The lowest BCUT2D eigenvalue weighted by atomic mass is 10.0. The molecule has 0 aromatic heterocycles. The second-order valence-corrected chi connectivity index (χ2v) is 8.17. The molecule has 2 atom stereocenters. The molecular formula is C16H22N2O3S. The quantitative estimate of drug-likeness (QED) is 0.910. The van der Waals surface area contributed by atoms with Gasteiger partial charge in [-0.15, -0.1) is 0 Å². The lowest BCUT2D eigenvalue weighted by Gasteiger charge is -2.37. The number of rotatable bonds is 2. The van der Waals surface area contributed by atoms with E-state index in [4.69, 9.17) is 0 Å². The molecule has 1 amide bonds. The van der Waals surface area contributed by atoms with Gasteiger partial charge in [0.15, 0.2) is 0 Å². The predicted molar refractivity (Wildman–Crippen MR) is 85.2 cm³/mol.